The van der Waals surface area contributed by atoms with Gasteiger partial charge in [-0.3, -0.25) is 4.79 Å². The van der Waals surface area contributed by atoms with Gasteiger partial charge in [0, 0.05) is 10.8 Å². The van der Waals surface area contributed by atoms with Gasteiger partial charge in [0.15, 0.2) is 5.43 Å². The molecule has 2 N–H and O–H groups in total. The molecular weight excluding hydrogens is 254 g/mol. The van der Waals surface area contributed by atoms with Crippen LogP contribution in [0.2, 0.25) is 0 Å². The minimum Gasteiger partial charge on any atom is -0.394 e. The predicted molar refractivity (Wildman–Crippen MR) is 78.8 cm³/mol. The SMILES string of the molecule is O=c1c2ccccc2n(CC(O)CO)c2ccccc12. The normalized spacial score (nSPS) is 12.9. The Bertz CT molecular complexity index is 763. The van der Waals surface area contributed by atoms with Crippen molar-refractivity contribution in [2.75, 3.05) is 6.61 Å². The smallest absolute Gasteiger partial charge is 0.197 e. The van der Waals surface area contributed by atoms with E-state index in [-0.39, 0.29) is 18.6 Å². The van der Waals surface area contributed by atoms with Crippen molar-refractivity contribution in [2.45, 2.75) is 12.6 Å². The largest absolute Gasteiger partial charge is 0.394 e. The van der Waals surface area contributed by atoms with Crippen molar-refractivity contribution in [2.24, 2.45) is 0 Å². The molecule has 3 rings (SSSR count). The Hall–Kier alpha value is -2.17. The molecule has 1 unspecified atom stereocenters. The number of rotatable bonds is 3. The molecule has 1 heterocycles. The Balaban J connectivity index is 2.43. The number of pyridine rings is 1. The molecule has 0 fully saturated rings. The van der Waals surface area contributed by atoms with E-state index in [0.29, 0.717) is 10.8 Å². The lowest BCUT2D eigenvalue weighted by Crippen LogP contribution is -2.22. The first-order chi connectivity index (χ1) is 9.72. The summed E-state index contributed by atoms with van der Waals surface area (Å²) in [5, 5.41) is 20.1. The summed E-state index contributed by atoms with van der Waals surface area (Å²) in [6, 6.07) is 14.6. The van der Waals surface area contributed by atoms with Gasteiger partial charge >= 0.3 is 0 Å². The molecule has 0 bridgehead atoms. The van der Waals surface area contributed by atoms with Crippen LogP contribution in [0.5, 0.6) is 0 Å². The van der Waals surface area contributed by atoms with E-state index in [1.54, 1.807) is 12.1 Å². The summed E-state index contributed by atoms with van der Waals surface area (Å²) in [6.07, 6.45) is -0.857. The summed E-state index contributed by atoms with van der Waals surface area (Å²) in [7, 11) is 0. The highest BCUT2D eigenvalue weighted by molar-refractivity contribution is 5.93. The van der Waals surface area contributed by atoms with Crippen molar-refractivity contribution >= 4 is 21.8 Å². The van der Waals surface area contributed by atoms with Gasteiger partial charge in [0.1, 0.15) is 0 Å². The van der Waals surface area contributed by atoms with Crippen molar-refractivity contribution in [1.29, 1.82) is 0 Å². The molecule has 20 heavy (non-hydrogen) atoms. The highest BCUT2D eigenvalue weighted by Crippen LogP contribution is 2.19. The number of aromatic nitrogens is 1. The van der Waals surface area contributed by atoms with Gasteiger partial charge in [0.2, 0.25) is 0 Å². The van der Waals surface area contributed by atoms with Gasteiger partial charge in [0.25, 0.3) is 0 Å². The molecule has 0 aliphatic rings. The van der Waals surface area contributed by atoms with Crippen molar-refractivity contribution < 1.29 is 10.2 Å². The molecule has 0 aliphatic heterocycles. The van der Waals surface area contributed by atoms with Crippen molar-refractivity contribution in [3.05, 3.63) is 58.8 Å². The molecule has 1 atom stereocenters. The molecule has 4 nitrogen and oxygen atoms in total. The molecule has 0 amide bonds. The second kappa shape index (κ2) is 5.07. The molecule has 0 saturated carbocycles. The number of benzene rings is 2. The summed E-state index contributed by atoms with van der Waals surface area (Å²) >= 11 is 0. The van der Waals surface area contributed by atoms with Crippen LogP contribution >= 0.6 is 0 Å². The fourth-order valence-corrected chi connectivity index (χ4v) is 2.54. The van der Waals surface area contributed by atoms with E-state index in [4.69, 9.17) is 5.11 Å². The summed E-state index contributed by atoms with van der Waals surface area (Å²) in [6.45, 7) is -0.0629. The number of para-hydroxylation sites is 2. The van der Waals surface area contributed by atoms with Gasteiger partial charge < -0.3 is 14.8 Å². The van der Waals surface area contributed by atoms with Gasteiger partial charge in [-0.05, 0) is 24.3 Å². The number of nitrogens with zero attached hydrogens (tertiary/aromatic N) is 1. The van der Waals surface area contributed by atoms with Crippen molar-refractivity contribution in [3.8, 4) is 0 Å². The van der Waals surface area contributed by atoms with E-state index < -0.39 is 6.10 Å². The first-order valence-corrected chi connectivity index (χ1v) is 6.51. The zero-order chi connectivity index (χ0) is 14.1. The number of fused-ring (bicyclic) bond motifs is 2. The molecule has 0 saturated heterocycles. The van der Waals surface area contributed by atoms with E-state index >= 15 is 0 Å². The van der Waals surface area contributed by atoms with Crippen molar-refractivity contribution in [1.82, 2.24) is 4.57 Å². The zero-order valence-electron chi connectivity index (χ0n) is 10.9. The molecule has 0 spiro atoms. The third-order valence-corrected chi connectivity index (χ3v) is 3.48. The first-order valence-electron chi connectivity index (χ1n) is 6.51. The lowest BCUT2D eigenvalue weighted by Gasteiger charge is -2.17. The van der Waals surface area contributed by atoms with Crippen LogP contribution in [0.3, 0.4) is 0 Å². The molecule has 1 aromatic heterocycles. The van der Waals surface area contributed by atoms with E-state index in [9.17, 15) is 9.90 Å². The average molecular weight is 269 g/mol. The molecule has 0 radical (unpaired) electrons. The van der Waals surface area contributed by atoms with E-state index in [1.165, 1.54) is 0 Å². The fraction of sp³-hybridized carbons (Fsp3) is 0.188. The van der Waals surface area contributed by atoms with Crippen LogP contribution < -0.4 is 5.43 Å². The molecule has 2 aromatic carbocycles. The first kappa shape index (κ1) is 12.8. The number of aliphatic hydroxyl groups excluding tert-OH is 2. The van der Waals surface area contributed by atoms with E-state index in [2.05, 4.69) is 0 Å². The van der Waals surface area contributed by atoms with Crippen molar-refractivity contribution in [3.63, 3.8) is 0 Å². The van der Waals surface area contributed by atoms with Gasteiger partial charge in [-0.2, -0.15) is 0 Å². The Morgan fingerprint density at radius 3 is 1.95 bits per heavy atom. The van der Waals surface area contributed by atoms with Crippen LogP contribution in [0.4, 0.5) is 0 Å². The molecule has 102 valence electrons. The maximum Gasteiger partial charge on any atom is 0.197 e. The lowest BCUT2D eigenvalue weighted by molar-refractivity contribution is 0.0830. The number of hydrogen-bond acceptors (Lipinski definition) is 3. The quantitative estimate of drug-likeness (QED) is 0.708. The summed E-state index contributed by atoms with van der Waals surface area (Å²) < 4.78 is 1.88. The Morgan fingerprint density at radius 2 is 1.45 bits per heavy atom. The molecule has 0 aliphatic carbocycles. The van der Waals surface area contributed by atoms with Gasteiger partial charge in [-0.25, -0.2) is 0 Å². The van der Waals surface area contributed by atoms with E-state index in [1.807, 2.05) is 41.0 Å². The Labute approximate surface area is 115 Å². The van der Waals surface area contributed by atoms with Crippen LogP contribution in [0.15, 0.2) is 53.3 Å². The average Bonchev–Trinajstić information content (AvgIpc) is 2.51. The monoisotopic (exact) mass is 269 g/mol. The second-order valence-electron chi connectivity index (χ2n) is 4.81. The van der Waals surface area contributed by atoms with Crippen LogP contribution in [0.1, 0.15) is 0 Å². The summed E-state index contributed by atoms with van der Waals surface area (Å²) in [4.78, 5) is 12.5. The second-order valence-corrected chi connectivity index (χ2v) is 4.81. The summed E-state index contributed by atoms with van der Waals surface area (Å²) in [5.74, 6) is 0. The topological polar surface area (TPSA) is 62.5 Å². The maximum absolute atomic E-state index is 12.5. The highest BCUT2D eigenvalue weighted by atomic mass is 16.3. The van der Waals surface area contributed by atoms with Crippen LogP contribution in [0.25, 0.3) is 21.8 Å². The Morgan fingerprint density at radius 1 is 0.950 bits per heavy atom. The van der Waals surface area contributed by atoms with Crippen LogP contribution in [-0.2, 0) is 6.54 Å². The third-order valence-electron chi connectivity index (χ3n) is 3.48. The van der Waals surface area contributed by atoms with Gasteiger partial charge in [0.05, 0.1) is 30.3 Å². The van der Waals surface area contributed by atoms with Gasteiger partial charge in [-0.1, -0.05) is 24.3 Å². The molecular formula is C16H15NO3. The lowest BCUT2D eigenvalue weighted by atomic mass is 10.1. The fourth-order valence-electron chi connectivity index (χ4n) is 2.54. The van der Waals surface area contributed by atoms with Crippen LogP contribution in [0, 0.1) is 0 Å². The van der Waals surface area contributed by atoms with Gasteiger partial charge in [-0.15, -0.1) is 0 Å². The summed E-state index contributed by atoms with van der Waals surface area (Å²) in [5.41, 5.74) is 1.53. The number of hydrogen-bond donors (Lipinski definition) is 2. The maximum atomic E-state index is 12.5. The van der Waals surface area contributed by atoms with Crippen LogP contribution in [-0.4, -0.2) is 27.5 Å². The molecule has 3 aromatic rings. The standard InChI is InChI=1S/C16H15NO3/c18-10-11(19)9-17-14-7-3-1-5-12(14)16(20)13-6-2-4-8-15(13)17/h1-8,11,18-19H,9-10H2. The third kappa shape index (κ3) is 1.99. The highest BCUT2D eigenvalue weighted by Gasteiger charge is 2.12. The zero-order valence-corrected chi connectivity index (χ0v) is 10.9. The molecule has 4 heteroatoms. The minimum absolute atomic E-state index is 0.00839. The van der Waals surface area contributed by atoms with E-state index in [0.717, 1.165) is 11.0 Å². The minimum atomic E-state index is -0.857. The Kier molecular flexibility index (Phi) is 3.26. The predicted octanol–water partition coefficient (Wildman–Crippen LogP) is 1.51. The number of aliphatic hydroxyl groups is 2.